The summed E-state index contributed by atoms with van der Waals surface area (Å²) in [7, 11) is 1.59. The van der Waals surface area contributed by atoms with Crippen LogP contribution in [0, 0.1) is 0 Å². The van der Waals surface area contributed by atoms with Gasteiger partial charge in [-0.2, -0.15) is 0 Å². The quantitative estimate of drug-likeness (QED) is 0.614. The topological polar surface area (TPSA) is 77.6 Å². The SMILES string of the molecule is COCCN(Cc1ccco1)C(=O)CCn1cnc2sccc2c1=O. The molecule has 0 fully saturated rings. The number of furan rings is 1. The van der Waals surface area contributed by atoms with Crippen molar-refractivity contribution in [2.24, 2.45) is 0 Å². The zero-order chi connectivity index (χ0) is 17.6. The zero-order valence-electron chi connectivity index (χ0n) is 13.9. The summed E-state index contributed by atoms with van der Waals surface area (Å²) in [5, 5.41) is 2.43. The van der Waals surface area contributed by atoms with Crippen LogP contribution in [0.15, 0.2) is 45.4 Å². The predicted molar refractivity (Wildman–Crippen MR) is 94.5 cm³/mol. The van der Waals surface area contributed by atoms with Gasteiger partial charge < -0.3 is 14.1 Å². The van der Waals surface area contributed by atoms with Gasteiger partial charge in [0.2, 0.25) is 5.91 Å². The molecule has 0 radical (unpaired) electrons. The molecule has 0 spiro atoms. The summed E-state index contributed by atoms with van der Waals surface area (Å²) in [5.74, 6) is 0.647. The number of fused-ring (bicyclic) bond motifs is 1. The standard InChI is InChI=1S/C17H19N3O4S/c1-23-9-7-19(11-13-3-2-8-24-13)15(21)4-6-20-12-18-16-14(17(20)22)5-10-25-16/h2-3,5,8,10,12H,4,6-7,9,11H2,1H3. The van der Waals surface area contributed by atoms with Crippen LogP contribution in [0.4, 0.5) is 0 Å². The molecular formula is C17H19N3O4S. The molecule has 0 aliphatic heterocycles. The van der Waals surface area contributed by atoms with Crippen LogP contribution in [0.25, 0.3) is 10.2 Å². The smallest absolute Gasteiger partial charge is 0.262 e. The normalized spacial score (nSPS) is 11.1. The first kappa shape index (κ1) is 17.4. The van der Waals surface area contributed by atoms with Crippen LogP contribution in [0.2, 0.25) is 0 Å². The Morgan fingerprint density at radius 1 is 1.44 bits per heavy atom. The highest BCUT2D eigenvalue weighted by Gasteiger charge is 2.16. The van der Waals surface area contributed by atoms with Gasteiger partial charge in [-0.3, -0.25) is 14.2 Å². The molecular weight excluding hydrogens is 342 g/mol. The lowest BCUT2D eigenvalue weighted by Gasteiger charge is -2.21. The summed E-state index contributed by atoms with van der Waals surface area (Å²) in [6, 6.07) is 5.37. The predicted octanol–water partition coefficient (Wildman–Crippen LogP) is 2.12. The van der Waals surface area contributed by atoms with E-state index in [9.17, 15) is 9.59 Å². The van der Waals surface area contributed by atoms with Crippen molar-refractivity contribution in [3.05, 3.63) is 52.3 Å². The number of ether oxygens (including phenoxy) is 1. The van der Waals surface area contributed by atoms with E-state index in [0.29, 0.717) is 35.7 Å². The van der Waals surface area contributed by atoms with Gasteiger partial charge in [0, 0.05) is 26.6 Å². The maximum atomic E-state index is 12.6. The van der Waals surface area contributed by atoms with Crippen LogP contribution in [0.1, 0.15) is 12.2 Å². The van der Waals surface area contributed by atoms with E-state index in [-0.39, 0.29) is 24.4 Å². The lowest BCUT2D eigenvalue weighted by molar-refractivity contribution is -0.133. The highest BCUT2D eigenvalue weighted by Crippen LogP contribution is 2.13. The highest BCUT2D eigenvalue weighted by molar-refractivity contribution is 7.16. The van der Waals surface area contributed by atoms with Crippen molar-refractivity contribution in [2.75, 3.05) is 20.3 Å². The Morgan fingerprint density at radius 3 is 3.08 bits per heavy atom. The minimum Gasteiger partial charge on any atom is -0.467 e. The number of aromatic nitrogens is 2. The van der Waals surface area contributed by atoms with Crippen LogP contribution in [-0.2, 0) is 22.6 Å². The third-order valence-electron chi connectivity index (χ3n) is 3.86. The van der Waals surface area contributed by atoms with E-state index in [1.165, 1.54) is 22.2 Å². The van der Waals surface area contributed by atoms with Crippen molar-refractivity contribution in [1.82, 2.24) is 14.5 Å². The van der Waals surface area contributed by atoms with Crippen molar-refractivity contribution in [2.45, 2.75) is 19.5 Å². The van der Waals surface area contributed by atoms with Crippen LogP contribution in [0.5, 0.6) is 0 Å². The van der Waals surface area contributed by atoms with Crippen LogP contribution in [-0.4, -0.2) is 40.6 Å². The van der Waals surface area contributed by atoms with E-state index < -0.39 is 0 Å². The monoisotopic (exact) mass is 361 g/mol. The fourth-order valence-electron chi connectivity index (χ4n) is 2.51. The number of aryl methyl sites for hydroxylation is 1. The summed E-state index contributed by atoms with van der Waals surface area (Å²) in [6.45, 7) is 1.57. The lowest BCUT2D eigenvalue weighted by atomic mass is 10.3. The fraction of sp³-hybridized carbons (Fsp3) is 0.353. The first-order valence-corrected chi connectivity index (χ1v) is 8.78. The highest BCUT2D eigenvalue weighted by atomic mass is 32.1. The van der Waals surface area contributed by atoms with Crippen molar-refractivity contribution in [3.63, 3.8) is 0 Å². The summed E-state index contributed by atoms with van der Waals surface area (Å²) in [6.07, 6.45) is 3.29. The van der Waals surface area contributed by atoms with Gasteiger partial charge in [0.15, 0.2) is 0 Å². The lowest BCUT2D eigenvalue weighted by Crippen LogP contribution is -2.34. The molecule has 0 aliphatic carbocycles. The summed E-state index contributed by atoms with van der Waals surface area (Å²) < 4.78 is 11.9. The van der Waals surface area contributed by atoms with E-state index in [1.54, 1.807) is 30.4 Å². The second kappa shape index (κ2) is 8.09. The first-order chi connectivity index (χ1) is 12.2. The van der Waals surface area contributed by atoms with Gasteiger partial charge >= 0.3 is 0 Å². The fourth-order valence-corrected chi connectivity index (χ4v) is 3.23. The number of methoxy groups -OCH3 is 1. The Labute approximate surface area is 148 Å². The molecule has 7 nitrogen and oxygen atoms in total. The van der Waals surface area contributed by atoms with Crippen molar-refractivity contribution < 1.29 is 13.9 Å². The Hall–Kier alpha value is -2.45. The summed E-state index contributed by atoms with van der Waals surface area (Å²) >= 11 is 1.43. The van der Waals surface area contributed by atoms with Crippen molar-refractivity contribution >= 4 is 27.5 Å². The van der Waals surface area contributed by atoms with Gasteiger partial charge in [-0.15, -0.1) is 11.3 Å². The van der Waals surface area contributed by atoms with Crippen molar-refractivity contribution in [3.8, 4) is 0 Å². The number of amides is 1. The molecule has 0 aromatic carbocycles. The Bertz CT molecular complexity index is 885. The van der Waals surface area contributed by atoms with Gasteiger partial charge in [0.25, 0.3) is 5.56 Å². The molecule has 0 N–H and O–H groups in total. The zero-order valence-corrected chi connectivity index (χ0v) is 14.7. The Morgan fingerprint density at radius 2 is 2.32 bits per heavy atom. The molecule has 8 heteroatoms. The maximum absolute atomic E-state index is 12.6. The van der Waals surface area contributed by atoms with Gasteiger partial charge in [0.1, 0.15) is 10.6 Å². The van der Waals surface area contributed by atoms with E-state index in [0.717, 1.165) is 0 Å². The van der Waals surface area contributed by atoms with Crippen molar-refractivity contribution in [1.29, 1.82) is 0 Å². The van der Waals surface area contributed by atoms with Gasteiger partial charge in [-0.25, -0.2) is 4.98 Å². The van der Waals surface area contributed by atoms with E-state index >= 15 is 0 Å². The minimum absolute atomic E-state index is 0.0641. The molecule has 0 atom stereocenters. The molecule has 3 aromatic rings. The van der Waals surface area contributed by atoms with Gasteiger partial charge in [-0.05, 0) is 23.6 Å². The molecule has 0 saturated carbocycles. The summed E-state index contributed by atoms with van der Waals surface area (Å²) in [4.78, 5) is 31.6. The second-order valence-corrected chi connectivity index (χ2v) is 6.41. The number of hydrogen-bond acceptors (Lipinski definition) is 6. The number of carbonyl (C=O) groups is 1. The van der Waals surface area contributed by atoms with Crippen LogP contribution in [0.3, 0.4) is 0 Å². The van der Waals surface area contributed by atoms with Crippen LogP contribution < -0.4 is 5.56 Å². The maximum Gasteiger partial charge on any atom is 0.262 e. The molecule has 1 amide bonds. The Balaban J connectivity index is 1.67. The second-order valence-electron chi connectivity index (χ2n) is 5.52. The Kier molecular flexibility index (Phi) is 5.62. The average Bonchev–Trinajstić information content (AvgIpc) is 3.29. The average molecular weight is 361 g/mol. The number of carbonyl (C=O) groups excluding carboxylic acids is 1. The molecule has 3 rings (SSSR count). The van der Waals surface area contributed by atoms with E-state index in [1.807, 2.05) is 11.4 Å². The third-order valence-corrected chi connectivity index (χ3v) is 4.68. The first-order valence-electron chi connectivity index (χ1n) is 7.91. The summed E-state index contributed by atoms with van der Waals surface area (Å²) in [5.41, 5.74) is -0.117. The molecule has 0 saturated heterocycles. The van der Waals surface area contributed by atoms with E-state index in [4.69, 9.17) is 9.15 Å². The number of nitrogens with zero attached hydrogens (tertiary/aromatic N) is 3. The number of rotatable bonds is 8. The molecule has 3 aromatic heterocycles. The molecule has 0 unspecified atom stereocenters. The number of hydrogen-bond donors (Lipinski definition) is 0. The molecule has 0 bridgehead atoms. The van der Waals surface area contributed by atoms with Gasteiger partial charge in [0.05, 0.1) is 31.1 Å². The molecule has 0 aliphatic rings. The largest absolute Gasteiger partial charge is 0.467 e. The molecule has 25 heavy (non-hydrogen) atoms. The molecule has 3 heterocycles. The minimum atomic E-state index is -0.117. The number of thiophene rings is 1. The van der Waals surface area contributed by atoms with Gasteiger partial charge in [-0.1, -0.05) is 0 Å². The van der Waals surface area contributed by atoms with E-state index in [2.05, 4.69) is 4.98 Å². The van der Waals surface area contributed by atoms with Crippen LogP contribution >= 0.6 is 11.3 Å². The third kappa shape index (κ3) is 4.15. The molecule has 132 valence electrons.